The minimum absolute atomic E-state index is 0.0536. The van der Waals surface area contributed by atoms with E-state index < -0.39 is 38.3 Å². The van der Waals surface area contributed by atoms with Crippen LogP contribution in [0.5, 0.6) is 0 Å². The van der Waals surface area contributed by atoms with E-state index in [4.69, 9.17) is 5.11 Å². The first-order chi connectivity index (χ1) is 13.4. The second kappa shape index (κ2) is 6.79. The van der Waals surface area contributed by atoms with Gasteiger partial charge in [-0.1, -0.05) is 13.0 Å². The average molecular weight is 428 g/mol. The van der Waals surface area contributed by atoms with Crippen LogP contribution < -0.4 is 0 Å². The molecule has 0 saturated carbocycles. The number of hydrogen-bond acceptors (Lipinski definition) is 6. The van der Waals surface area contributed by atoms with Crippen LogP contribution in [0.25, 0.3) is 22.7 Å². The van der Waals surface area contributed by atoms with E-state index in [1.165, 1.54) is 36.7 Å². The molecule has 154 valence electrons. The lowest BCUT2D eigenvalue weighted by Crippen LogP contribution is -2.19. The Morgan fingerprint density at radius 3 is 2.41 bits per heavy atom. The summed E-state index contributed by atoms with van der Waals surface area (Å²) in [6.07, 6.45) is -4.96. The highest BCUT2D eigenvalue weighted by molar-refractivity contribution is 7.91. The maximum Gasteiger partial charge on any atom is 0.419 e. The molecular formula is C17H15F3N4O4S. The fraction of sp³-hybridized carbons (Fsp3) is 0.294. The van der Waals surface area contributed by atoms with E-state index in [1.54, 1.807) is 0 Å². The number of aromatic nitrogens is 4. The Balaban J connectivity index is 2.40. The standard InChI is InChI=1S/C17H15F3N4O4S/c1-4-29(27,28)15-11(17(18,19)20)8(2)12-14(23-15)24(3)13(22-12)9-6-5-7-10(21-9)16(25)26/h5-7H,4H2,1-3H3,(H,25,26). The van der Waals surface area contributed by atoms with Crippen molar-refractivity contribution in [2.45, 2.75) is 25.0 Å². The zero-order chi connectivity index (χ0) is 21.7. The molecule has 0 spiro atoms. The summed E-state index contributed by atoms with van der Waals surface area (Å²) in [7, 11) is -2.85. The summed E-state index contributed by atoms with van der Waals surface area (Å²) in [5.74, 6) is -1.78. The van der Waals surface area contributed by atoms with Gasteiger partial charge < -0.3 is 9.67 Å². The molecule has 3 rings (SSSR count). The molecule has 0 aromatic carbocycles. The van der Waals surface area contributed by atoms with Gasteiger partial charge in [0.05, 0.1) is 11.3 Å². The molecule has 0 bridgehead atoms. The quantitative estimate of drug-likeness (QED) is 0.679. The Morgan fingerprint density at radius 2 is 1.86 bits per heavy atom. The van der Waals surface area contributed by atoms with Gasteiger partial charge in [0.2, 0.25) is 0 Å². The first-order valence-corrected chi connectivity index (χ1v) is 9.91. The average Bonchev–Trinajstić information content (AvgIpc) is 2.98. The van der Waals surface area contributed by atoms with Gasteiger partial charge in [-0.3, -0.25) is 0 Å². The molecule has 0 atom stereocenters. The van der Waals surface area contributed by atoms with Crippen molar-refractivity contribution in [1.82, 2.24) is 19.5 Å². The number of imidazole rings is 1. The number of pyridine rings is 2. The van der Waals surface area contributed by atoms with Crippen LogP contribution in [0.4, 0.5) is 13.2 Å². The van der Waals surface area contributed by atoms with Crippen LogP contribution in [-0.4, -0.2) is 44.8 Å². The third kappa shape index (κ3) is 3.43. The highest BCUT2D eigenvalue weighted by Crippen LogP contribution is 2.39. The van der Waals surface area contributed by atoms with Crippen LogP contribution in [0.3, 0.4) is 0 Å². The number of carboxylic acid groups (broad SMARTS) is 1. The predicted octanol–water partition coefficient (Wildman–Crippen LogP) is 2.85. The van der Waals surface area contributed by atoms with Crippen LogP contribution in [0.2, 0.25) is 0 Å². The van der Waals surface area contributed by atoms with Gasteiger partial charge in [0.25, 0.3) is 0 Å². The number of rotatable bonds is 4. The molecule has 12 heteroatoms. The molecule has 29 heavy (non-hydrogen) atoms. The number of carbonyl (C=O) groups is 1. The second-order valence-corrected chi connectivity index (χ2v) is 8.39. The summed E-state index contributed by atoms with van der Waals surface area (Å²) in [6, 6.07) is 4.11. The Bertz CT molecular complexity index is 1250. The highest BCUT2D eigenvalue weighted by Gasteiger charge is 2.41. The lowest BCUT2D eigenvalue weighted by atomic mass is 10.1. The zero-order valence-electron chi connectivity index (χ0n) is 15.4. The number of aromatic carboxylic acids is 1. The van der Waals surface area contributed by atoms with Crippen molar-refractivity contribution < 1.29 is 31.5 Å². The molecule has 0 aliphatic rings. The topological polar surface area (TPSA) is 115 Å². The van der Waals surface area contributed by atoms with Gasteiger partial charge in [-0.15, -0.1) is 0 Å². The van der Waals surface area contributed by atoms with E-state index >= 15 is 0 Å². The van der Waals surface area contributed by atoms with Gasteiger partial charge in [0.1, 0.15) is 16.9 Å². The molecule has 0 fully saturated rings. The normalized spacial score (nSPS) is 12.5. The van der Waals surface area contributed by atoms with E-state index in [1.807, 2.05) is 0 Å². The maximum absolute atomic E-state index is 13.7. The Kier molecular flexibility index (Phi) is 4.85. The minimum Gasteiger partial charge on any atom is -0.477 e. The fourth-order valence-corrected chi connectivity index (χ4v) is 3.98. The monoisotopic (exact) mass is 428 g/mol. The largest absolute Gasteiger partial charge is 0.477 e. The Labute approximate surface area is 163 Å². The van der Waals surface area contributed by atoms with Crippen molar-refractivity contribution >= 4 is 27.0 Å². The van der Waals surface area contributed by atoms with Crippen molar-refractivity contribution in [1.29, 1.82) is 0 Å². The van der Waals surface area contributed by atoms with Gasteiger partial charge in [-0.25, -0.2) is 28.2 Å². The first-order valence-electron chi connectivity index (χ1n) is 8.26. The Morgan fingerprint density at radius 1 is 1.21 bits per heavy atom. The SMILES string of the molecule is CCS(=O)(=O)c1nc2c(nc(-c3cccc(C(=O)O)n3)n2C)c(C)c1C(F)(F)F. The third-order valence-electron chi connectivity index (χ3n) is 4.37. The molecule has 3 aromatic rings. The zero-order valence-corrected chi connectivity index (χ0v) is 16.3. The van der Waals surface area contributed by atoms with Crippen LogP contribution in [0.1, 0.15) is 28.5 Å². The van der Waals surface area contributed by atoms with Gasteiger partial charge >= 0.3 is 12.1 Å². The molecule has 0 aliphatic carbocycles. The number of aryl methyl sites for hydroxylation is 2. The summed E-state index contributed by atoms with van der Waals surface area (Å²) in [5, 5.41) is 8.04. The number of fused-ring (bicyclic) bond motifs is 1. The maximum atomic E-state index is 13.7. The molecule has 0 unspecified atom stereocenters. The van der Waals surface area contributed by atoms with Gasteiger partial charge in [0.15, 0.2) is 26.3 Å². The van der Waals surface area contributed by atoms with E-state index in [2.05, 4.69) is 15.0 Å². The summed E-state index contributed by atoms with van der Waals surface area (Å²) in [5.41, 5.74) is -2.15. The number of sulfone groups is 1. The van der Waals surface area contributed by atoms with Crippen LogP contribution in [0.15, 0.2) is 23.2 Å². The van der Waals surface area contributed by atoms with Crippen LogP contribution in [-0.2, 0) is 23.1 Å². The summed E-state index contributed by atoms with van der Waals surface area (Å²) >= 11 is 0. The number of nitrogens with zero attached hydrogens (tertiary/aromatic N) is 4. The predicted molar refractivity (Wildman–Crippen MR) is 96.2 cm³/mol. The number of hydrogen-bond donors (Lipinski definition) is 1. The summed E-state index contributed by atoms with van der Waals surface area (Å²) < 4.78 is 66.9. The smallest absolute Gasteiger partial charge is 0.419 e. The van der Waals surface area contributed by atoms with E-state index in [0.717, 1.165) is 6.92 Å². The second-order valence-electron chi connectivity index (χ2n) is 6.20. The van der Waals surface area contributed by atoms with Crippen molar-refractivity contribution in [3.8, 4) is 11.5 Å². The van der Waals surface area contributed by atoms with Crippen molar-refractivity contribution in [3.05, 3.63) is 35.0 Å². The van der Waals surface area contributed by atoms with Gasteiger partial charge in [-0.05, 0) is 24.6 Å². The van der Waals surface area contributed by atoms with E-state index in [0.29, 0.717) is 0 Å². The molecule has 3 aromatic heterocycles. The van der Waals surface area contributed by atoms with Gasteiger partial charge in [0, 0.05) is 7.05 Å². The van der Waals surface area contributed by atoms with Crippen LogP contribution >= 0.6 is 0 Å². The number of alkyl halides is 3. The van der Waals surface area contributed by atoms with Gasteiger partial charge in [-0.2, -0.15) is 13.2 Å². The summed E-state index contributed by atoms with van der Waals surface area (Å²) in [4.78, 5) is 23.0. The molecule has 3 heterocycles. The molecule has 8 nitrogen and oxygen atoms in total. The van der Waals surface area contributed by atoms with Crippen molar-refractivity contribution in [3.63, 3.8) is 0 Å². The number of carboxylic acids is 1. The van der Waals surface area contributed by atoms with E-state index in [-0.39, 0.29) is 33.9 Å². The third-order valence-corrected chi connectivity index (χ3v) is 6.02. The fourth-order valence-electron chi connectivity index (χ4n) is 2.90. The molecular weight excluding hydrogens is 413 g/mol. The van der Waals surface area contributed by atoms with Crippen LogP contribution in [0, 0.1) is 6.92 Å². The van der Waals surface area contributed by atoms with E-state index in [9.17, 15) is 26.4 Å². The highest BCUT2D eigenvalue weighted by atomic mass is 32.2. The molecule has 0 saturated heterocycles. The molecule has 0 aliphatic heterocycles. The molecule has 0 amide bonds. The lowest BCUT2D eigenvalue weighted by Gasteiger charge is -2.15. The lowest BCUT2D eigenvalue weighted by molar-refractivity contribution is -0.140. The molecule has 1 N–H and O–H groups in total. The number of halogens is 3. The minimum atomic E-state index is -4.96. The Hall–Kier alpha value is -3.02. The summed E-state index contributed by atoms with van der Waals surface area (Å²) in [6.45, 7) is 2.35. The van der Waals surface area contributed by atoms with Crippen molar-refractivity contribution in [2.75, 3.05) is 5.75 Å². The van der Waals surface area contributed by atoms with Crippen molar-refractivity contribution in [2.24, 2.45) is 7.05 Å². The molecule has 0 radical (unpaired) electrons. The first kappa shape index (κ1) is 20.7.